The number of aliphatic hydroxyl groups is 7. The van der Waals surface area contributed by atoms with Gasteiger partial charge in [0.1, 0.15) is 36.6 Å². The predicted octanol–water partition coefficient (Wildman–Crippen LogP) is 7.53. The minimum atomic E-state index is -1.66. The molecule has 1 amide bonds. The van der Waals surface area contributed by atoms with Crippen LogP contribution in [0.3, 0.4) is 0 Å². The van der Waals surface area contributed by atoms with Crippen LogP contribution in [0.15, 0.2) is 12.2 Å². The molecular formula is C46H89NO10. The second kappa shape index (κ2) is 35.6. The Morgan fingerprint density at radius 1 is 0.632 bits per heavy atom. The summed E-state index contributed by atoms with van der Waals surface area (Å²) in [7, 11) is 0. The SMILES string of the molecule is CCCCCC=CCCCCCCCCCCCCCCCCC(O)C(=O)NC(COC1OC(CO)C(O)C(O)C1O)C(O)C(O)CCCCCCCCC(C)C. The molecule has 1 saturated heterocycles. The Labute approximate surface area is 347 Å². The van der Waals surface area contributed by atoms with E-state index in [2.05, 4.69) is 38.2 Å². The number of hydrogen-bond acceptors (Lipinski definition) is 10. The van der Waals surface area contributed by atoms with Crippen molar-refractivity contribution >= 4 is 5.91 Å². The first-order valence-corrected chi connectivity index (χ1v) is 23.4. The number of carbonyl (C=O) groups is 1. The quantitative estimate of drug-likeness (QED) is 0.0229. The summed E-state index contributed by atoms with van der Waals surface area (Å²) in [6, 6.07) is -1.16. The zero-order valence-corrected chi connectivity index (χ0v) is 36.5. The van der Waals surface area contributed by atoms with E-state index >= 15 is 0 Å². The number of hydrogen-bond donors (Lipinski definition) is 8. The molecule has 0 radical (unpaired) electrons. The van der Waals surface area contributed by atoms with E-state index in [0.29, 0.717) is 25.2 Å². The Morgan fingerprint density at radius 2 is 1.09 bits per heavy atom. The number of rotatable bonds is 38. The Hall–Kier alpha value is -1.15. The minimum absolute atomic E-state index is 0.262. The molecule has 11 nitrogen and oxygen atoms in total. The molecule has 0 aromatic rings. The fourth-order valence-corrected chi connectivity index (χ4v) is 7.56. The first-order valence-electron chi connectivity index (χ1n) is 23.4. The van der Waals surface area contributed by atoms with Gasteiger partial charge < -0.3 is 50.5 Å². The second-order valence-electron chi connectivity index (χ2n) is 17.3. The van der Waals surface area contributed by atoms with E-state index in [-0.39, 0.29) is 6.42 Å². The number of aliphatic hydroxyl groups excluding tert-OH is 7. The molecule has 1 aliphatic heterocycles. The van der Waals surface area contributed by atoms with Crippen LogP contribution in [-0.4, -0.2) is 110 Å². The van der Waals surface area contributed by atoms with Gasteiger partial charge in [-0.2, -0.15) is 0 Å². The van der Waals surface area contributed by atoms with Gasteiger partial charge in [-0.25, -0.2) is 0 Å². The molecule has 1 rings (SSSR count). The first kappa shape index (κ1) is 53.9. The van der Waals surface area contributed by atoms with Crippen LogP contribution in [0.2, 0.25) is 0 Å². The second-order valence-corrected chi connectivity index (χ2v) is 17.3. The van der Waals surface area contributed by atoms with Gasteiger partial charge in [0.25, 0.3) is 0 Å². The van der Waals surface area contributed by atoms with Crippen molar-refractivity contribution in [3.63, 3.8) is 0 Å². The summed E-state index contributed by atoms with van der Waals surface area (Å²) < 4.78 is 11.1. The van der Waals surface area contributed by atoms with Crippen LogP contribution in [0.25, 0.3) is 0 Å². The Morgan fingerprint density at radius 3 is 1.58 bits per heavy atom. The molecule has 0 saturated carbocycles. The van der Waals surface area contributed by atoms with Crippen LogP contribution < -0.4 is 5.32 Å². The third-order valence-corrected chi connectivity index (χ3v) is 11.5. The lowest BCUT2D eigenvalue weighted by atomic mass is 9.98. The topological polar surface area (TPSA) is 189 Å². The lowest BCUT2D eigenvalue weighted by molar-refractivity contribution is -0.303. The summed E-state index contributed by atoms with van der Waals surface area (Å²) in [6.45, 7) is 5.64. The van der Waals surface area contributed by atoms with E-state index in [0.717, 1.165) is 38.5 Å². The van der Waals surface area contributed by atoms with Crippen LogP contribution in [0.5, 0.6) is 0 Å². The Balaban J connectivity index is 2.36. The molecule has 8 N–H and O–H groups in total. The predicted molar refractivity (Wildman–Crippen MR) is 229 cm³/mol. The van der Waals surface area contributed by atoms with Gasteiger partial charge in [-0.15, -0.1) is 0 Å². The zero-order valence-electron chi connectivity index (χ0n) is 36.5. The number of allylic oxidation sites excluding steroid dienone is 2. The highest BCUT2D eigenvalue weighted by atomic mass is 16.7. The highest BCUT2D eigenvalue weighted by Gasteiger charge is 2.44. The summed E-state index contributed by atoms with van der Waals surface area (Å²) in [4.78, 5) is 13.1. The van der Waals surface area contributed by atoms with Crippen molar-refractivity contribution in [2.75, 3.05) is 13.2 Å². The van der Waals surface area contributed by atoms with E-state index in [1.807, 2.05) is 0 Å². The van der Waals surface area contributed by atoms with Gasteiger partial charge in [-0.3, -0.25) is 4.79 Å². The summed E-state index contributed by atoms with van der Waals surface area (Å²) in [5.74, 6) is 0.00318. The van der Waals surface area contributed by atoms with Crippen LogP contribution >= 0.6 is 0 Å². The Kier molecular flexibility index (Phi) is 33.6. The average molecular weight is 816 g/mol. The van der Waals surface area contributed by atoms with Crippen molar-refractivity contribution in [1.29, 1.82) is 0 Å². The molecule has 0 aromatic carbocycles. The molecule has 1 heterocycles. The van der Waals surface area contributed by atoms with E-state index in [1.54, 1.807) is 0 Å². The third kappa shape index (κ3) is 26.6. The molecular weight excluding hydrogens is 727 g/mol. The van der Waals surface area contributed by atoms with E-state index < -0.39 is 74.2 Å². The van der Waals surface area contributed by atoms with Gasteiger partial charge >= 0.3 is 0 Å². The largest absolute Gasteiger partial charge is 0.394 e. The van der Waals surface area contributed by atoms with Crippen LogP contribution in [-0.2, 0) is 14.3 Å². The lowest BCUT2D eigenvalue weighted by Crippen LogP contribution is -2.60. The fourth-order valence-electron chi connectivity index (χ4n) is 7.56. The number of unbranched alkanes of at least 4 members (excludes halogenated alkanes) is 22. The Bertz CT molecular complexity index is 952. The molecule has 338 valence electrons. The monoisotopic (exact) mass is 816 g/mol. The molecule has 1 fully saturated rings. The molecule has 9 unspecified atom stereocenters. The zero-order chi connectivity index (χ0) is 42.1. The maximum atomic E-state index is 13.1. The fraction of sp³-hybridized carbons (Fsp3) is 0.935. The smallest absolute Gasteiger partial charge is 0.249 e. The molecule has 0 spiro atoms. The summed E-state index contributed by atoms with van der Waals surface area (Å²) in [5, 5.41) is 75.5. The summed E-state index contributed by atoms with van der Waals surface area (Å²) in [6.07, 6.45) is 24.4. The van der Waals surface area contributed by atoms with E-state index in [4.69, 9.17) is 9.47 Å². The first-order chi connectivity index (χ1) is 27.5. The van der Waals surface area contributed by atoms with Crippen molar-refractivity contribution < 1.29 is 50.0 Å². The van der Waals surface area contributed by atoms with Gasteiger partial charge in [0, 0.05) is 0 Å². The van der Waals surface area contributed by atoms with Gasteiger partial charge in [0.15, 0.2) is 6.29 Å². The number of ether oxygens (including phenoxy) is 2. The van der Waals surface area contributed by atoms with Crippen molar-refractivity contribution in [2.24, 2.45) is 5.92 Å². The highest BCUT2D eigenvalue weighted by Crippen LogP contribution is 2.23. The molecule has 1 aliphatic rings. The lowest BCUT2D eigenvalue weighted by Gasteiger charge is -2.40. The maximum absolute atomic E-state index is 13.1. The maximum Gasteiger partial charge on any atom is 0.249 e. The summed E-state index contributed by atoms with van der Waals surface area (Å²) >= 11 is 0. The van der Waals surface area contributed by atoms with Crippen molar-refractivity contribution in [2.45, 2.75) is 256 Å². The standard InChI is InChI=1S/C46H89NO10/c1-4-5-6-7-8-9-10-11-12-13-14-15-16-17-18-19-20-21-22-27-30-33-39(50)45(55)47-37(35-56-46-44(54)43(53)42(52)40(34-48)57-46)41(51)38(49)32-29-26-24-23-25-28-31-36(2)3/h8-9,36-44,46,48-54H,4-7,10-35H2,1-3H3,(H,47,55). The van der Waals surface area contributed by atoms with E-state index in [9.17, 15) is 40.5 Å². The van der Waals surface area contributed by atoms with Gasteiger partial charge in [0.2, 0.25) is 5.91 Å². The normalized spacial score (nSPS) is 22.3. The summed E-state index contributed by atoms with van der Waals surface area (Å²) in [5.41, 5.74) is 0. The number of nitrogens with one attached hydrogen (secondary N) is 1. The molecule has 57 heavy (non-hydrogen) atoms. The number of amides is 1. The van der Waals surface area contributed by atoms with Gasteiger partial charge in [-0.05, 0) is 44.4 Å². The average Bonchev–Trinajstić information content (AvgIpc) is 3.20. The minimum Gasteiger partial charge on any atom is -0.394 e. The van der Waals surface area contributed by atoms with Crippen molar-refractivity contribution in [1.82, 2.24) is 5.32 Å². The third-order valence-electron chi connectivity index (χ3n) is 11.5. The molecule has 0 aromatic heterocycles. The van der Waals surface area contributed by atoms with Crippen LogP contribution in [0, 0.1) is 5.92 Å². The van der Waals surface area contributed by atoms with Crippen molar-refractivity contribution in [3.05, 3.63) is 12.2 Å². The molecule has 9 atom stereocenters. The molecule has 0 aliphatic carbocycles. The highest BCUT2D eigenvalue weighted by molar-refractivity contribution is 5.80. The van der Waals surface area contributed by atoms with Crippen LogP contribution in [0.1, 0.15) is 201 Å². The van der Waals surface area contributed by atoms with Crippen molar-refractivity contribution in [3.8, 4) is 0 Å². The molecule has 11 heteroatoms. The number of carbonyl (C=O) groups excluding carboxylic acids is 1. The molecule has 0 bridgehead atoms. The van der Waals surface area contributed by atoms with Gasteiger partial charge in [0.05, 0.1) is 25.4 Å². The van der Waals surface area contributed by atoms with Crippen LogP contribution in [0.4, 0.5) is 0 Å². The van der Waals surface area contributed by atoms with Gasteiger partial charge in [-0.1, -0.05) is 174 Å². The van der Waals surface area contributed by atoms with E-state index in [1.165, 1.54) is 116 Å².